The van der Waals surface area contributed by atoms with Crippen LogP contribution in [-0.2, 0) is 11.3 Å². The van der Waals surface area contributed by atoms with E-state index in [9.17, 15) is 4.79 Å². The third-order valence-corrected chi connectivity index (χ3v) is 3.56. The molecule has 2 rings (SSSR count). The van der Waals surface area contributed by atoms with E-state index < -0.39 is 0 Å². The molecule has 1 aromatic rings. The van der Waals surface area contributed by atoms with Crippen LogP contribution in [0.2, 0.25) is 0 Å². The summed E-state index contributed by atoms with van der Waals surface area (Å²) in [7, 11) is 1.84. The van der Waals surface area contributed by atoms with E-state index in [4.69, 9.17) is 5.11 Å². The molecule has 0 radical (unpaired) electrons. The molecule has 1 amide bonds. The van der Waals surface area contributed by atoms with Gasteiger partial charge in [-0.3, -0.25) is 4.79 Å². The highest BCUT2D eigenvalue weighted by Gasteiger charge is 2.31. The van der Waals surface area contributed by atoms with Crippen molar-refractivity contribution in [2.75, 3.05) is 13.7 Å². The van der Waals surface area contributed by atoms with E-state index in [1.807, 2.05) is 18.5 Å². The molecule has 17 heavy (non-hydrogen) atoms. The van der Waals surface area contributed by atoms with Gasteiger partial charge in [0.15, 0.2) is 0 Å². The van der Waals surface area contributed by atoms with E-state index >= 15 is 0 Å². The average molecular weight is 249 g/mol. The summed E-state index contributed by atoms with van der Waals surface area (Å²) in [6.45, 7) is 0.528. The fraction of sp³-hybridized carbons (Fsp3) is 0.462. The first kappa shape index (κ1) is 12.2. The van der Waals surface area contributed by atoms with Crippen LogP contribution < -0.4 is 0 Å². The number of aliphatic hydroxyl groups excluding tert-OH is 1. The van der Waals surface area contributed by atoms with Crippen molar-refractivity contribution in [2.45, 2.75) is 19.4 Å². The zero-order valence-corrected chi connectivity index (χ0v) is 10.6. The van der Waals surface area contributed by atoms with Crippen LogP contribution in [0.15, 0.2) is 11.4 Å². The number of rotatable bonds is 3. The Kier molecular flexibility index (Phi) is 3.82. The quantitative estimate of drug-likeness (QED) is 0.824. The molecule has 0 atom stereocenters. The summed E-state index contributed by atoms with van der Waals surface area (Å²) in [6, 6.07) is 1.98. The zero-order chi connectivity index (χ0) is 12.3. The molecular weight excluding hydrogens is 234 g/mol. The Bertz CT molecular complexity index is 465. The van der Waals surface area contributed by atoms with Crippen molar-refractivity contribution in [2.24, 2.45) is 5.92 Å². The fourth-order valence-corrected chi connectivity index (χ4v) is 2.42. The molecule has 0 bridgehead atoms. The van der Waals surface area contributed by atoms with Gasteiger partial charge in [-0.05, 0) is 29.9 Å². The minimum Gasteiger partial charge on any atom is -0.384 e. The molecule has 1 saturated carbocycles. The van der Waals surface area contributed by atoms with Crippen molar-refractivity contribution in [1.29, 1.82) is 0 Å². The molecule has 0 aliphatic heterocycles. The Morgan fingerprint density at radius 1 is 1.65 bits per heavy atom. The molecule has 1 aliphatic carbocycles. The summed E-state index contributed by atoms with van der Waals surface area (Å²) in [5.41, 5.74) is 1.11. The lowest BCUT2D eigenvalue weighted by Crippen LogP contribution is -2.27. The molecule has 1 N–H and O–H groups in total. The van der Waals surface area contributed by atoms with Crippen LogP contribution in [0.25, 0.3) is 0 Å². The maximum absolute atomic E-state index is 11.8. The number of hydrogen-bond acceptors (Lipinski definition) is 3. The van der Waals surface area contributed by atoms with E-state index in [0.717, 1.165) is 23.3 Å². The van der Waals surface area contributed by atoms with Gasteiger partial charge in [-0.2, -0.15) is 0 Å². The van der Waals surface area contributed by atoms with Crippen LogP contribution in [0.5, 0.6) is 0 Å². The van der Waals surface area contributed by atoms with Crippen LogP contribution in [0, 0.1) is 17.8 Å². The van der Waals surface area contributed by atoms with Crippen molar-refractivity contribution in [3.63, 3.8) is 0 Å². The van der Waals surface area contributed by atoms with Crippen molar-refractivity contribution in [3.8, 4) is 11.8 Å². The molecule has 0 aromatic carbocycles. The average Bonchev–Trinajstić information content (AvgIpc) is 3.08. The maximum Gasteiger partial charge on any atom is 0.225 e. The Balaban J connectivity index is 1.93. The van der Waals surface area contributed by atoms with Crippen LogP contribution in [0.1, 0.15) is 23.3 Å². The molecule has 4 heteroatoms. The van der Waals surface area contributed by atoms with Crippen LogP contribution in [-0.4, -0.2) is 29.6 Å². The molecule has 90 valence electrons. The van der Waals surface area contributed by atoms with Gasteiger partial charge in [0.25, 0.3) is 0 Å². The predicted molar refractivity (Wildman–Crippen MR) is 67.5 cm³/mol. The zero-order valence-electron chi connectivity index (χ0n) is 9.77. The summed E-state index contributed by atoms with van der Waals surface area (Å²) in [5.74, 6) is 6.00. The van der Waals surface area contributed by atoms with E-state index in [0.29, 0.717) is 6.54 Å². The number of carbonyl (C=O) groups is 1. The van der Waals surface area contributed by atoms with Gasteiger partial charge in [-0.1, -0.05) is 11.8 Å². The van der Waals surface area contributed by atoms with Crippen LogP contribution in [0.3, 0.4) is 0 Å². The summed E-state index contributed by atoms with van der Waals surface area (Å²) in [4.78, 5) is 14.5. The molecule has 0 spiro atoms. The molecule has 0 saturated heterocycles. The third-order valence-electron chi connectivity index (χ3n) is 2.67. The fourth-order valence-electron chi connectivity index (χ4n) is 1.64. The summed E-state index contributed by atoms with van der Waals surface area (Å²) < 4.78 is 0. The van der Waals surface area contributed by atoms with Gasteiger partial charge in [0.05, 0.1) is 4.88 Å². The number of amides is 1. The predicted octanol–water partition coefficient (Wildman–Crippen LogP) is 1.46. The van der Waals surface area contributed by atoms with Gasteiger partial charge < -0.3 is 10.0 Å². The van der Waals surface area contributed by atoms with E-state index in [-0.39, 0.29) is 18.4 Å². The van der Waals surface area contributed by atoms with Gasteiger partial charge in [-0.15, -0.1) is 11.3 Å². The van der Waals surface area contributed by atoms with Gasteiger partial charge >= 0.3 is 0 Å². The first-order valence-electron chi connectivity index (χ1n) is 5.63. The second-order valence-electron chi connectivity index (χ2n) is 4.25. The minimum atomic E-state index is -0.118. The lowest BCUT2D eigenvalue weighted by molar-refractivity contribution is -0.131. The minimum absolute atomic E-state index is 0.118. The number of hydrogen-bond donors (Lipinski definition) is 1. The normalized spacial score (nSPS) is 14.0. The number of carbonyl (C=O) groups excluding carboxylic acids is 1. The van der Waals surface area contributed by atoms with Gasteiger partial charge in [-0.25, -0.2) is 0 Å². The molecule has 1 fully saturated rings. The standard InChI is InChI=1S/C13H15NO2S/c1-14(13(16)11-4-5-11)8-10-7-12(17-9-10)3-2-6-15/h7,9,11,15H,4-6,8H2,1H3. The second-order valence-corrected chi connectivity index (χ2v) is 5.16. The Hall–Kier alpha value is -1.31. The highest BCUT2D eigenvalue weighted by Crippen LogP contribution is 2.31. The van der Waals surface area contributed by atoms with E-state index in [1.165, 1.54) is 0 Å². The second kappa shape index (κ2) is 5.35. The van der Waals surface area contributed by atoms with Crippen LogP contribution >= 0.6 is 11.3 Å². The SMILES string of the molecule is CN(Cc1csc(C#CCO)c1)C(=O)C1CC1. The number of thiophene rings is 1. The van der Waals surface area contributed by atoms with Gasteiger partial charge in [0.2, 0.25) is 5.91 Å². The number of nitrogens with zero attached hydrogens (tertiary/aromatic N) is 1. The van der Waals surface area contributed by atoms with Crippen molar-refractivity contribution >= 4 is 17.2 Å². The van der Waals surface area contributed by atoms with Crippen molar-refractivity contribution in [1.82, 2.24) is 4.90 Å². The van der Waals surface area contributed by atoms with E-state index in [2.05, 4.69) is 11.8 Å². The molecule has 1 aromatic heterocycles. The Morgan fingerprint density at radius 2 is 2.41 bits per heavy atom. The third kappa shape index (κ3) is 3.32. The first-order chi connectivity index (χ1) is 8.20. The van der Waals surface area contributed by atoms with Crippen molar-refractivity contribution < 1.29 is 9.90 Å². The topological polar surface area (TPSA) is 40.5 Å². The van der Waals surface area contributed by atoms with Gasteiger partial charge in [0.1, 0.15) is 6.61 Å². The molecular formula is C13H15NO2S. The largest absolute Gasteiger partial charge is 0.384 e. The first-order valence-corrected chi connectivity index (χ1v) is 6.51. The summed E-state index contributed by atoms with van der Waals surface area (Å²) in [6.07, 6.45) is 2.08. The summed E-state index contributed by atoms with van der Waals surface area (Å²) in [5, 5.41) is 10.6. The highest BCUT2D eigenvalue weighted by atomic mass is 32.1. The van der Waals surface area contributed by atoms with E-state index in [1.54, 1.807) is 16.2 Å². The maximum atomic E-state index is 11.8. The summed E-state index contributed by atoms with van der Waals surface area (Å²) >= 11 is 1.54. The molecule has 1 heterocycles. The van der Waals surface area contributed by atoms with Crippen LogP contribution in [0.4, 0.5) is 0 Å². The van der Waals surface area contributed by atoms with Gasteiger partial charge in [0, 0.05) is 19.5 Å². The lowest BCUT2D eigenvalue weighted by atomic mass is 10.2. The molecule has 3 nitrogen and oxygen atoms in total. The Morgan fingerprint density at radius 3 is 3.06 bits per heavy atom. The smallest absolute Gasteiger partial charge is 0.225 e. The highest BCUT2D eigenvalue weighted by molar-refractivity contribution is 7.10. The molecule has 0 unspecified atom stereocenters. The molecule has 1 aliphatic rings. The lowest BCUT2D eigenvalue weighted by Gasteiger charge is -2.15. The number of aliphatic hydroxyl groups is 1. The monoisotopic (exact) mass is 249 g/mol. The van der Waals surface area contributed by atoms with Crippen molar-refractivity contribution in [3.05, 3.63) is 21.9 Å². The Labute approximate surface area is 105 Å².